The highest BCUT2D eigenvalue weighted by Gasteiger charge is 2.12. The first-order chi connectivity index (χ1) is 8.40. The van der Waals surface area contributed by atoms with E-state index in [4.69, 9.17) is 5.73 Å². The molecule has 0 heterocycles. The van der Waals surface area contributed by atoms with Gasteiger partial charge in [0, 0.05) is 24.5 Å². The molecule has 0 bridgehead atoms. The first-order valence-electron chi connectivity index (χ1n) is 6.26. The van der Waals surface area contributed by atoms with Crippen LogP contribution in [0.5, 0.6) is 0 Å². The van der Waals surface area contributed by atoms with Crippen molar-refractivity contribution in [3.05, 3.63) is 24.3 Å². The number of nitrogen functional groups attached to an aromatic ring is 1. The van der Waals surface area contributed by atoms with E-state index in [1.807, 2.05) is 43.1 Å². The van der Waals surface area contributed by atoms with Gasteiger partial charge in [0.15, 0.2) is 0 Å². The molecular weight excluding hydrogens is 226 g/mol. The molecule has 0 saturated heterocycles. The van der Waals surface area contributed by atoms with E-state index in [1.54, 1.807) is 0 Å². The summed E-state index contributed by atoms with van der Waals surface area (Å²) < 4.78 is 0. The molecule has 0 spiro atoms. The summed E-state index contributed by atoms with van der Waals surface area (Å²) in [5, 5.41) is 2.99. The molecular formula is C14H23N3O. The minimum Gasteiger partial charge on any atom is -0.399 e. The van der Waals surface area contributed by atoms with Gasteiger partial charge >= 0.3 is 0 Å². The van der Waals surface area contributed by atoms with E-state index in [-0.39, 0.29) is 11.9 Å². The number of anilines is 2. The lowest BCUT2D eigenvalue weighted by molar-refractivity contribution is -0.120. The quantitative estimate of drug-likeness (QED) is 0.783. The number of nitrogens with two attached hydrogens (primary N) is 1. The number of hydrogen-bond acceptors (Lipinski definition) is 3. The van der Waals surface area contributed by atoms with Crippen molar-refractivity contribution in [1.82, 2.24) is 5.32 Å². The number of amides is 1. The van der Waals surface area contributed by atoms with Gasteiger partial charge in [0.05, 0.1) is 6.54 Å². The van der Waals surface area contributed by atoms with Crippen molar-refractivity contribution in [2.45, 2.75) is 26.8 Å². The van der Waals surface area contributed by atoms with Gasteiger partial charge in [-0.2, -0.15) is 0 Å². The van der Waals surface area contributed by atoms with E-state index in [2.05, 4.69) is 19.2 Å². The second-order valence-corrected chi connectivity index (χ2v) is 5.05. The molecule has 1 rings (SSSR count). The topological polar surface area (TPSA) is 58.4 Å². The predicted molar refractivity (Wildman–Crippen MR) is 76.6 cm³/mol. The largest absolute Gasteiger partial charge is 0.399 e. The Hall–Kier alpha value is -1.71. The number of likely N-dealkylation sites (N-methyl/N-ethyl adjacent to an activating group) is 1. The molecule has 1 aromatic rings. The molecule has 0 fully saturated rings. The second-order valence-electron chi connectivity index (χ2n) is 5.05. The highest BCUT2D eigenvalue weighted by atomic mass is 16.2. The van der Waals surface area contributed by atoms with Crippen LogP contribution in [-0.4, -0.2) is 25.5 Å². The standard InChI is InChI=1S/C14H23N3O/c1-10(2)11(3)16-14(18)9-17(4)13-7-5-12(15)6-8-13/h5-8,10-11H,9,15H2,1-4H3,(H,16,18). The molecule has 0 aliphatic rings. The summed E-state index contributed by atoms with van der Waals surface area (Å²) in [6.45, 7) is 6.55. The van der Waals surface area contributed by atoms with E-state index < -0.39 is 0 Å². The third kappa shape index (κ3) is 4.28. The monoisotopic (exact) mass is 249 g/mol. The molecule has 0 aliphatic heterocycles. The molecule has 1 unspecified atom stereocenters. The zero-order chi connectivity index (χ0) is 13.7. The molecule has 0 saturated carbocycles. The maximum atomic E-state index is 11.8. The average molecular weight is 249 g/mol. The summed E-state index contributed by atoms with van der Waals surface area (Å²) >= 11 is 0. The summed E-state index contributed by atoms with van der Waals surface area (Å²) in [6.07, 6.45) is 0. The zero-order valence-electron chi connectivity index (χ0n) is 11.6. The third-order valence-corrected chi connectivity index (χ3v) is 3.10. The lowest BCUT2D eigenvalue weighted by Gasteiger charge is -2.22. The van der Waals surface area contributed by atoms with Crippen LogP contribution in [0.15, 0.2) is 24.3 Å². The molecule has 0 aliphatic carbocycles. The fourth-order valence-electron chi connectivity index (χ4n) is 1.50. The van der Waals surface area contributed by atoms with E-state index in [0.29, 0.717) is 12.5 Å². The van der Waals surface area contributed by atoms with Gasteiger partial charge in [0.25, 0.3) is 0 Å². The molecule has 1 atom stereocenters. The number of nitrogens with one attached hydrogen (secondary N) is 1. The van der Waals surface area contributed by atoms with Gasteiger partial charge in [-0.3, -0.25) is 4.79 Å². The van der Waals surface area contributed by atoms with E-state index in [9.17, 15) is 4.79 Å². The minimum absolute atomic E-state index is 0.0375. The molecule has 4 heteroatoms. The summed E-state index contributed by atoms with van der Waals surface area (Å²) in [4.78, 5) is 13.7. The number of nitrogens with zero attached hydrogens (tertiary/aromatic N) is 1. The van der Waals surface area contributed by atoms with Crippen molar-refractivity contribution in [1.29, 1.82) is 0 Å². The van der Waals surface area contributed by atoms with Crippen LogP contribution in [0, 0.1) is 5.92 Å². The number of hydrogen-bond donors (Lipinski definition) is 2. The van der Waals surface area contributed by atoms with Crippen LogP contribution in [0.1, 0.15) is 20.8 Å². The van der Waals surface area contributed by atoms with E-state index in [1.165, 1.54) is 0 Å². The number of carbonyl (C=O) groups is 1. The van der Waals surface area contributed by atoms with Gasteiger partial charge in [-0.15, -0.1) is 0 Å². The van der Waals surface area contributed by atoms with Crippen molar-refractivity contribution in [2.75, 3.05) is 24.2 Å². The number of rotatable bonds is 5. The van der Waals surface area contributed by atoms with Gasteiger partial charge in [0.1, 0.15) is 0 Å². The fourth-order valence-corrected chi connectivity index (χ4v) is 1.50. The van der Waals surface area contributed by atoms with Gasteiger partial charge in [-0.05, 0) is 37.1 Å². The van der Waals surface area contributed by atoms with Crippen LogP contribution in [0.3, 0.4) is 0 Å². The smallest absolute Gasteiger partial charge is 0.239 e. The first kappa shape index (κ1) is 14.4. The Labute approximate surface area is 109 Å². The Morgan fingerprint density at radius 1 is 1.28 bits per heavy atom. The maximum absolute atomic E-state index is 11.8. The molecule has 0 radical (unpaired) electrons. The normalized spacial score (nSPS) is 12.3. The number of benzene rings is 1. The van der Waals surface area contributed by atoms with Gasteiger partial charge in [0.2, 0.25) is 5.91 Å². The molecule has 1 amide bonds. The van der Waals surface area contributed by atoms with E-state index in [0.717, 1.165) is 11.4 Å². The van der Waals surface area contributed by atoms with Crippen LogP contribution < -0.4 is 16.0 Å². The summed E-state index contributed by atoms with van der Waals surface area (Å²) in [6, 6.07) is 7.68. The highest BCUT2D eigenvalue weighted by Crippen LogP contribution is 2.14. The van der Waals surface area contributed by atoms with Gasteiger partial charge in [-0.25, -0.2) is 0 Å². The number of carbonyl (C=O) groups excluding carboxylic acids is 1. The highest BCUT2D eigenvalue weighted by molar-refractivity contribution is 5.81. The van der Waals surface area contributed by atoms with Crippen LogP contribution in [0.25, 0.3) is 0 Å². The van der Waals surface area contributed by atoms with Crippen LogP contribution >= 0.6 is 0 Å². The third-order valence-electron chi connectivity index (χ3n) is 3.10. The second kappa shape index (κ2) is 6.28. The Balaban J connectivity index is 2.51. The van der Waals surface area contributed by atoms with Crippen molar-refractivity contribution >= 4 is 17.3 Å². The van der Waals surface area contributed by atoms with Crippen molar-refractivity contribution in [2.24, 2.45) is 5.92 Å². The molecule has 3 N–H and O–H groups in total. The Morgan fingerprint density at radius 3 is 2.33 bits per heavy atom. The van der Waals surface area contributed by atoms with Crippen molar-refractivity contribution < 1.29 is 4.79 Å². The first-order valence-corrected chi connectivity index (χ1v) is 6.26. The van der Waals surface area contributed by atoms with Gasteiger partial charge < -0.3 is 16.0 Å². The Kier molecular flexibility index (Phi) is 5.01. The Bertz CT molecular complexity index is 387. The molecule has 100 valence electrons. The maximum Gasteiger partial charge on any atom is 0.239 e. The minimum atomic E-state index is 0.0375. The SMILES string of the molecule is CC(C)C(C)NC(=O)CN(C)c1ccc(N)cc1. The van der Waals surface area contributed by atoms with Crippen LogP contribution in [-0.2, 0) is 4.79 Å². The lowest BCUT2D eigenvalue weighted by Crippen LogP contribution is -2.41. The predicted octanol–water partition coefficient (Wildman–Crippen LogP) is 1.87. The molecule has 0 aromatic heterocycles. The molecule has 1 aromatic carbocycles. The van der Waals surface area contributed by atoms with Crippen LogP contribution in [0.4, 0.5) is 11.4 Å². The summed E-state index contributed by atoms with van der Waals surface area (Å²) in [5.41, 5.74) is 7.34. The molecule has 4 nitrogen and oxygen atoms in total. The fraction of sp³-hybridized carbons (Fsp3) is 0.500. The summed E-state index contributed by atoms with van der Waals surface area (Å²) in [5.74, 6) is 0.478. The van der Waals surface area contributed by atoms with Crippen LogP contribution in [0.2, 0.25) is 0 Å². The Morgan fingerprint density at radius 2 is 1.83 bits per heavy atom. The van der Waals surface area contributed by atoms with Crippen molar-refractivity contribution in [3.63, 3.8) is 0 Å². The van der Waals surface area contributed by atoms with Gasteiger partial charge in [-0.1, -0.05) is 13.8 Å². The average Bonchev–Trinajstić information content (AvgIpc) is 2.29. The summed E-state index contributed by atoms with van der Waals surface area (Å²) in [7, 11) is 1.89. The molecule has 18 heavy (non-hydrogen) atoms. The zero-order valence-corrected chi connectivity index (χ0v) is 11.6. The van der Waals surface area contributed by atoms with E-state index >= 15 is 0 Å². The lowest BCUT2D eigenvalue weighted by atomic mass is 10.1. The van der Waals surface area contributed by atoms with Crippen molar-refractivity contribution in [3.8, 4) is 0 Å².